The van der Waals surface area contributed by atoms with Gasteiger partial charge in [-0.3, -0.25) is 4.79 Å². The number of piperazine rings is 1. The van der Waals surface area contributed by atoms with E-state index in [0.717, 1.165) is 43.7 Å². The number of phenols is 1. The summed E-state index contributed by atoms with van der Waals surface area (Å²) in [5.41, 5.74) is 1.96. The molecule has 0 spiro atoms. The lowest BCUT2D eigenvalue weighted by Gasteiger charge is -2.27. The fourth-order valence-corrected chi connectivity index (χ4v) is 2.66. The quantitative estimate of drug-likeness (QED) is 0.896. The van der Waals surface area contributed by atoms with Crippen LogP contribution in [-0.4, -0.2) is 42.1 Å². The minimum Gasteiger partial charge on any atom is -0.508 e. The van der Waals surface area contributed by atoms with Crippen LogP contribution in [0.4, 0.5) is 0 Å². The number of carbonyl (C=O) groups is 1. The van der Waals surface area contributed by atoms with Crippen molar-refractivity contribution in [1.29, 1.82) is 0 Å². The molecule has 1 saturated heterocycles. The number of aromatic hydroxyl groups is 1. The van der Waals surface area contributed by atoms with Crippen LogP contribution in [-0.2, 0) is 16.6 Å². The molecule has 0 bridgehead atoms. The highest BCUT2D eigenvalue weighted by Gasteiger charge is 2.19. The lowest BCUT2D eigenvalue weighted by atomic mass is 9.85. The topological polar surface area (TPSA) is 52.6 Å². The number of amides is 1. The number of benzene rings is 1. The first-order valence-corrected chi connectivity index (χ1v) is 7.69. The van der Waals surface area contributed by atoms with Gasteiger partial charge >= 0.3 is 0 Å². The molecule has 21 heavy (non-hydrogen) atoms. The van der Waals surface area contributed by atoms with Gasteiger partial charge in [-0.2, -0.15) is 0 Å². The van der Waals surface area contributed by atoms with Crippen molar-refractivity contribution >= 4 is 5.91 Å². The van der Waals surface area contributed by atoms with Gasteiger partial charge in [-0.15, -0.1) is 0 Å². The second-order valence-electron chi connectivity index (χ2n) is 6.73. The fraction of sp³-hybridized carbons (Fsp3) is 0.588. The second-order valence-corrected chi connectivity index (χ2v) is 6.73. The van der Waals surface area contributed by atoms with Crippen LogP contribution in [0.5, 0.6) is 5.75 Å². The summed E-state index contributed by atoms with van der Waals surface area (Å²) in [6, 6.07) is 5.68. The van der Waals surface area contributed by atoms with Crippen molar-refractivity contribution in [2.45, 2.75) is 39.0 Å². The molecule has 0 atom stereocenters. The Labute approximate surface area is 127 Å². The number of hydrogen-bond acceptors (Lipinski definition) is 3. The zero-order valence-corrected chi connectivity index (χ0v) is 13.3. The summed E-state index contributed by atoms with van der Waals surface area (Å²) in [5, 5.41) is 13.2. The van der Waals surface area contributed by atoms with Crippen molar-refractivity contribution in [3.8, 4) is 5.75 Å². The zero-order chi connectivity index (χ0) is 15.5. The lowest BCUT2D eigenvalue weighted by Crippen LogP contribution is -2.46. The van der Waals surface area contributed by atoms with Crippen molar-refractivity contribution in [3.63, 3.8) is 0 Å². The monoisotopic (exact) mass is 290 g/mol. The standard InChI is InChI=1S/C17H26N2O2/c1-17(2,3)14-12-13(4-6-15(14)20)5-7-16(21)19-10-8-18-9-11-19/h4,6,12,18,20H,5,7-11H2,1-3H3. The summed E-state index contributed by atoms with van der Waals surface area (Å²) in [4.78, 5) is 14.1. The molecule has 0 unspecified atom stereocenters. The third-order valence-corrected chi connectivity index (χ3v) is 3.97. The van der Waals surface area contributed by atoms with Gasteiger partial charge in [0.2, 0.25) is 5.91 Å². The predicted octanol–water partition coefficient (Wildman–Crippen LogP) is 2.05. The average molecular weight is 290 g/mol. The minimum atomic E-state index is -0.0946. The van der Waals surface area contributed by atoms with E-state index in [9.17, 15) is 9.90 Å². The molecule has 1 aliphatic rings. The summed E-state index contributed by atoms with van der Waals surface area (Å²) in [6.07, 6.45) is 1.26. The van der Waals surface area contributed by atoms with Crippen molar-refractivity contribution in [2.24, 2.45) is 0 Å². The largest absolute Gasteiger partial charge is 0.508 e. The molecule has 0 saturated carbocycles. The highest BCUT2D eigenvalue weighted by Crippen LogP contribution is 2.31. The predicted molar refractivity (Wildman–Crippen MR) is 84.6 cm³/mol. The van der Waals surface area contributed by atoms with Gasteiger partial charge in [0.05, 0.1) is 0 Å². The molecule has 1 aliphatic heterocycles. The molecular formula is C17H26N2O2. The molecule has 1 aromatic rings. The summed E-state index contributed by atoms with van der Waals surface area (Å²) < 4.78 is 0. The first kappa shape index (κ1) is 15.8. The fourth-order valence-electron chi connectivity index (χ4n) is 2.66. The average Bonchev–Trinajstić information content (AvgIpc) is 2.45. The van der Waals surface area contributed by atoms with Gasteiger partial charge in [0.15, 0.2) is 0 Å². The minimum absolute atomic E-state index is 0.0946. The van der Waals surface area contributed by atoms with Crippen LogP contribution >= 0.6 is 0 Å². The maximum Gasteiger partial charge on any atom is 0.222 e. The molecular weight excluding hydrogens is 264 g/mol. The smallest absolute Gasteiger partial charge is 0.222 e. The number of hydrogen-bond donors (Lipinski definition) is 2. The SMILES string of the molecule is CC(C)(C)c1cc(CCC(=O)N2CCNCC2)ccc1O. The van der Waals surface area contributed by atoms with Gasteiger partial charge < -0.3 is 15.3 Å². The summed E-state index contributed by atoms with van der Waals surface area (Å²) in [5.74, 6) is 0.557. The maximum absolute atomic E-state index is 12.2. The summed E-state index contributed by atoms with van der Waals surface area (Å²) >= 11 is 0. The molecule has 0 aliphatic carbocycles. The van der Waals surface area contributed by atoms with E-state index in [4.69, 9.17) is 0 Å². The van der Waals surface area contributed by atoms with Crippen LogP contribution in [0.2, 0.25) is 0 Å². The van der Waals surface area contributed by atoms with E-state index in [1.807, 2.05) is 17.0 Å². The van der Waals surface area contributed by atoms with E-state index >= 15 is 0 Å². The highest BCUT2D eigenvalue weighted by atomic mass is 16.3. The second kappa shape index (κ2) is 6.48. The summed E-state index contributed by atoms with van der Waals surface area (Å²) in [7, 11) is 0. The molecule has 0 radical (unpaired) electrons. The van der Waals surface area contributed by atoms with Crippen molar-refractivity contribution in [1.82, 2.24) is 10.2 Å². The first-order valence-electron chi connectivity index (χ1n) is 7.69. The molecule has 1 fully saturated rings. The van der Waals surface area contributed by atoms with Crippen LogP contribution in [0.15, 0.2) is 18.2 Å². The normalized spacial score (nSPS) is 16.0. The molecule has 2 rings (SSSR count). The van der Waals surface area contributed by atoms with Gasteiger partial charge in [0, 0.05) is 32.6 Å². The van der Waals surface area contributed by atoms with Gasteiger partial charge in [0.1, 0.15) is 5.75 Å². The number of rotatable bonds is 3. The molecule has 1 heterocycles. The van der Waals surface area contributed by atoms with Crippen LogP contribution in [0.25, 0.3) is 0 Å². The van der Waals surface area contributed by atoms with Gasteiger partial charge in [-0.05, 0) is 29.0 Å². The zero-order valence-electron chi connectivity index (χ0n) is 13.3. The van der Waals surface area contributed by atoms with Crippen LogP contribution in [0, 0.1) is 0 Å². The van der Waals surface area contributed by atoms with Crippen molar-refractivity contribution in [2.75, 3.05) is 26.2 Å². The number of carbonyl (C=O) groups excluding carboxylic acids is 1. The van der Waals surface area contributed by atoms with E-state index in [-0.39, 0.29) is 11.3 Å². The molecule has 1 aromatic carbocycles. The third-order valence-electron chi connectivity index (χ3n) is 3.97. The van der Waals surface area contributed by atoms with Crippen molar-refractivity contribution in [3.05, 3.63) is 29.3 Å². The van der Waals surface area contributed by atoms with Gasteiger partial charge in [-0.1, -0.05) is 32.9 Å². The van der Waals surface area contributed by atoms with E-state index in [1.165, 1.54) is 0 Å². The molecule has 1 amide bonds. The lowest BCUT2D eigenvalue weighted by molar-refractivity contribution is -0.131. The van der Waals surface area contributed by atoms with E-state index in [2.05, 4.69) is 26.1 Å². The molecule has 4 heteroatoms. The van der Waals surface area contributed by atoms with E-state index in [1.54, 1.807) is 6.07 Å². The number of aryl methyl sites for hydroxylation is 1. The van der Waals surface area contributed by atoms with E-state index < -0.39 is 0 Å². The highest BCUT2D eigenvalue weighted by molar-refractivity contribution is 5.76. The van der Waals surface area contributed by atoms with E-state index in [0.29, 0.717) is 12.2 Å². The van der Waals surface area contributed by atoms with Crippen LogP contribution in [0.3, 0.4) is 0 Å². The Bertz CT molecular complexity index is 500. The Morgan fingerprint density at radius 3 is 2.57 bits per heavy atom. The van der Waals surface area contributed by atoms with Crippen LogP contribution < -0.4 is 5.32 Å². The Morgan fingerprint density at radius 2 is 1.95 bits per heavy atom. The Kier molecular flexibility index (Phi) is 4.88. The number of phenolic OH excluding ortho intramolecular Hbond substituents is 1. The Balaban J connectivity index is 1.98. The first-order chi connectivity index (χ1) is 9.88. The van der Waals surface area contributed by atoms with Gasteiger partial charge in [-0.25, -0.2) is 0 Å². The molecule has 116 valence electrons. The Hall–Kier alpha value is -1.55. The molecule has 4 nitrogen and oxygen atoms in total. The Morgan fingerprint density at radius 1 is 1.29 bits per heavy atom. The van der Waals surface area contributed by atoms with Gasteiger partial charge in [0.25, 0.3) is 0 Å². The summed E-state index contributed by atoms with van der Waals surface area (Å²) in [6.45, 7) is 9.63. The van der Waals surface area contributed by atoms with Crippen molar-refractivity contribution < 1.29 is 9.90 Å². The maximum atomic E-state index is 12.2. The molecule has 0 aromatic heterocycles. The third kappa shape index (κ3) is 4.21. The molecule has 2 N–H and O–H groups in total. The number of nitrogens with one attached hydrogen (secondary N) is 1. The number of nitrogens with zero attached hydrogens (tertiary/aromatic N) is 1. The van der Waals surface area contributed by atoms with Crippen LogP contribution in [0.1, 0.15) is 38.3 Å².